The summed E-state index contributed by atoms with van der Waals surface area (Å²) in [5.41, 5.74) is 4.99. The molecule has 0 radical (unpaired) electrons. The Labute approximate surface area is 171 Å². The summed E-state index contributed by atoms with van der Waals surface area (Å²) in [6.07, 6.45) is -4.60. The summed E-state index contributed by atoms with van der Waals surface area (Å²) in [6, 6.07) is 10.5. The number of carbonyl (C=O) groups is 1. The van der Waals surface area contributed by atoms with Crippen LogP contribution in [0.2, 0.25) is 0 Å². The highest BCUT2D eigenvalue weighted by Gasteiger charge is 2.36. The zero-order valence-corrected chi connectivity index (χ0v) is 16.7. The summed E-state index contributed by atoms with van der Waals surface area (Å²) in [5.74, 6) is 0.424. The quantitative estimate of drug-likeness (QED) is 0.634. The van der Waals surface area contributed by atoms with E-state index < -0.39 is 11.9 Å². The molecule has 0 aliphatic carbocycles. The predicted octanol–water partition coefficient (Wildman–Crippen LogP) is 4.82. The van der Waals surface area contributed by atoms with Crippen molar-refractivity contribution in [3.8, 4) is 11.1 Å². The Morgan fingerprint density at radius 3 is 2.33 bits per heavy atom. The minimum atomic E-state index is -4.63. The van der Waals surface area contributed by atoms with Crippen LogP contribution in [0, 0.1) is 0 Å². The minimum Gasteiger partial charge on any atom is -0.384 e. The van der Waals surface area contributed by atoms with Gasteiger partial charge < -0.3 is 15.6 Å². The summed E-state index contributed by atoms with van der Waals surface area (Å²) in [7, 11) is 0. The number of aromatic nitrogens is 2. The van der Waals surface area contributed by atoms with E-state index in [4.69, 9.17) is 10.3 Å². The molecule has 30 heavy (non-hydrogen) atoms. The Morgan fingerprint density at radius 2 is 1.77 bits per heavy atom. The van der Waals surface area contributed by atoms with Crippen LogP contribution in [0.25, 0.3) is 11.1 Å². The highest BCUT2D eigenvalue weighted by atomic mass is 19.4. The number of amides is 1. The lowest BCUT2D eigenvalue weighted by atomic mass is 9.93. The summed E-state index contributed by atoms with van der Waals surface area (Å²) in [5, 5.41) is 6.48. The molecule has 0 saturated carbocycles. The van der Waals surface area contributed by atoms with Crippen LogP contribution in [0.4, 0.5) is 24.8 Å². The van der Waals surface area contributed by atoms with E-state index in [1.807, 2.05) is 20.8 Å². The molecule has 9 heteroatoms. The van der Waals surface area contributed by atoms with Gasteiger partial charge in [0.05, 0.1) is 6.42 Å². The molecule has 2 aromatic heterocycles. The SMILES string of the molecule is CC(C)(C)c1cc(NC(=O)Cc2ccc(-c3ccc(N)nc3C(F)(F)F)cc2)no1. The molecule has 1 amide bonds. The molecule has 0 fully saturated rings. The third kappa shape index (κ3) is 4.97. The van der Waals surface area contributed by atoms with E-state index in [1.54, 1.807) is 18.2 Å². The highest BCUT2D eigenvalue weighted by molar-refractivity contribution is 5.91. The van der Waals surface area contributed by atoms with Gasteiger partial charge in [0, 0.05) is 17.0 Å². The first kappa shape index (κ1) is 21.4. The molecular weight excluding hydrogens is 397 g/mol. The van der Waals surface area contributed by atoms with Crippen LogP contribution in [-0.4, -0.2) is 16.0 Å². The van der Waals surface area contributed by atoms with Gasteiger partial charge >= 0.3 is 6.18 Å². The van der Waals surface area contributed by atoms with Crippen LogP contribution in [0.5, 0.6) is 0 Å². The van der Waals surface area contributed by atoms with Crippen molar-refractivity contribution in [2.24, 2.45) is 0 Å². The first-order valence-corrected chi connectivity index (χ1v) is 9.13. The number of nitrogens with zero attached hydrogens (tertiary/aromatic N) is 2. The second kappa shape index (κ2) is 7.81. The van der Waals surface area contributed by atoms with Crippen LogP contribution in [-0.2, 0) is 22.8 Å². The topological polar surface area (TPSA) is 94.0 Å². The van der Waals surface area contributed by atoms with Crippen molar-refractivity contribution in [3.05, 3.63) is 59.5 Å². The first-order valence-electron chi connectivity index (χ1n) is 9.13. The lowest BCUT2D eigenvalue weighted by Crippen LogP contribution is -2.15. The van der Waals surface area contributed by atoms with E-state index in [0.717, 1.165) is 0 Å². The molecule has 0 saturated heterocycles. The van der Waals surface area contributed by atoms with Gasteiger partial charge in [0.15, 0.2) is 11.5 Å². The van der Waals surface area contributed by atoms with Gasteiger partial charge in [-0.05, 0) is 23.3 Å². The van der Waals surface area contributed by atoms with Crippen LogP contribution in [0.3, 0.4) is 0 Å². The number of rotatable bonds is 4. The average Bonchev–Trinajstić information content (AvgIpc) is 3.10. The molecule has 0 aliphatic rings. The van der Waals surface area contributed by atoms with Gasteiger partial charge in [0.2, 0.25) is 5.91 Å². The highest BCUT2D eigenvalue weighted by Crippen LogP contribution is 2.36. The maximum atomic E-state index is 13.3. The fraction of sp³-hybridized carbons (Fsp3) is 0.286. The second-order valence-electron chi connectivity index (χ2n) is 7.88. The number of carbonyl (C=O) groups excluding carboxylic acids is 1. The molecule has 158 valence electrons. The Hall–Kier alpha value is -3.36. The number of hydrogen-bond donors (Lipinski definition) is 2. The minimum absolute atomic E-state index is 0.0319. The number of benzene rings is 1. The molecule has 0 atom stereocenters. The number of pyridine rings is 1. The summed E-state index contributed by atoms with van der Waals surface area (Å²) in [6.45, 7) is 5.88. The van der Waals surface area contributed by atoms with Gasteiger partial charge in [-0.3, -0.25) is 4.79 Å². The van der Waals surface area contributed by atoms with Crippen molar-refractivity contribution in [1.82, 2.24) is 10.1 Å². The molecule has 0 aliphatic heterocycles. The number of nitrogens with two attached hydrogens (primary N) is 1. The molecule has 6 nitrogen and oxygen atoms in total. The lowest BCUT2D eigenvalue weighted by molar-refractivity contribution is -0.140. The van der Waals surface area contributed by atoms with Gasteiger partial charge in [-0.25, -0.2) is 4.98 Å². The molecule has 3 rings (SSSR count). The zero-order valence-electron chi connectivity index (χ0n) is 16.7. The van der Waals surface area contributed by atoms with Crippen LogP contribution < -0.4 is 11.1 Å². The number of anilines is 2. The third-order valence-corrected chi connectivity index (χ3v) is 4.33. The third-order valence-electron chi connectivity index (χ3n) is 4.33. The number of hydrogen-bond acceptors (Lipinski definition) is 5. The van der Waals surface area contributed by atoms with Crippen LogP contribution in [0.1, 0.15) is 37.8 Å². The van der Waals surface area contributed by atoms with Crippen molar-refractivity contribution in [1.29, 1.82) is 0 Å². The predicted molar refractivity (Wildman–Crippen MR) is 107 cm³/mol. The standard InChI is InChI=1S/C21H21F3N4O2/c1-20(2,3)15-11-17(28-30-15)27-18(29)10-12-4-6-13(7-5-12)14-8-9-16(25)26-19(14)21(22,23)24/h4-9,11H,10H2,1-3H3,(H2,25,26)(H,27,28,29). The summed E-state index contributed by atoms with van der Waals surface area (Å²) >= 11 is 0. The van der Waals surface area contributed by atoms with Gasteiger partial charge in [-0.1, -0.05) is 50.2 Å². The van der Waals surface area contributed by atoms with Crippen molar-refractivity contribution in [2.45, 2.75) is 38.8 Å². The second-order valence-corrected chi connectivity index (χ2v) is 7.88. The molecule has 0 bridgehead atoms. The Kier molecular flexibility index (Phi) is 5.56. The van der Waals surface area contributed by atoms with Crippen molar-refractivity contribution in [2.75, 3.05) is 11.1 Å². The normalized spacial score (nSPS) is 12.1. The van der Waals surface area contributed by atoms with E-state index in [2.05, 4.69) is 15.5 Å². The Balaban J connectivity index is 1.72. The van der Waals surface area contributed by atoms with Crippen molar-refractivity contribution >= 4 is 17.5 Å². The van der Waals surface area contributed by atoms with Gasteiger partial charge in [0.25, 0.3) is 0 Å². The number of halogens is 3. The summed E-state index contributed by atoms with van der Waals surface area (Å²) < 4.78 is 45.0. The lowest BCUT2D eigenvalue weighted by Gasteiger charge is -2.13. The maximum absolute atomic E-state index is 13.3. The van der Waals surface area contributed by atoms with Gasteiger partial charge in [0.1, 0.15) is 11.6 Å². The van der Waals surface area contributed by atoms with E-state index in [-0.39, 0.29) is 29.1 Å². The number of nitrogens with one attached hydrogen (secondary N) is 1. The molecule has 0 spiro atoms. The smallest absolute Gasteiger partial charge is 0.384 e. The van der Waals surface area contributed by atoms with Gasteiger partial charge in [-0.15, -0.1) is 0 Å². The number of nitrogen functional groups attached to an aromatic ring is 1. The molecule has 3 N–H and O–H groups in total. The molecule has 1 aromatic carbocycles. The van der Waals surface area contributed by atoms with Crippen LogP contribution in [0.15, 0.2) is 47.0 Å². The van der Waals surface area contributed by atoms with Crippen molar-refractivity contribution < 1.29 is 22.5 Å². The zero-order chi connectivity index (χ0) is 22.1. The van der Waals surface area contributed by atoms with E-state index >= 15 is 0 Å². The van der Waals surface area contributed by atoms with E-state index in [1.165, 1.54) is 24.3 Å². The molecular formula is C21H21F3N4O2. The van der Waals surface area contributed by atoms with E-state index in [9.17, 15) is 18.0 Å². The monoisotopic (exact) mass is 418 g/mol. The fourth-order valence-electron chi connectivity index (χ4n) is 2.79. The average molecular weight is 418 g/mol. The Morgan fingerprint density at radius 1 is 1.10 bits per heavy atom. The van der Waals surface area contributed by atoms with Crippen molar-refractivity contribution in [3.63, 3.8) is 0 Å². The van der Waals surface area contributed by atoms with Crippen LogP contribution >= 0.6 is 0 Å². The molecule has 0 unspecified atom stereocenters. The number of alkyl halides is 3. The fourth-order valence-corrected chi connectivity index (χ4v) is 2.79. The first-order chi connectivity index (χ1) is 13.9. The largest absolute Gasteiger partial charge is 0.434 e. The van der Waals surface area contributed by atoms with Gasteiger partial charge in [-0.2, -0.15) is 13.2 Å². The Bertz CT molecular complexity index is 1050. The van der Waals surface area contributed by atoms with E-state index in [0.29, 0.717) is 22.7 Å². The molecule has 3 aromatic rings. The maximum Gasteiger partial charge on any atom is 0.434 e. The molecule has 2 heterocycles. The summed E-state index contributed by atoms with van der Waals surface area (Å²) in [4.78, 5) is 15.7.